The Kier molecular flexibility index (Phi) is 4.13. The van der Waals surface area contributed by atoms with Crippen LogP contribution in [-0.4, -0.2) is 17.4 Å². The van der Waals surface area contributed by atoms with Crippen molar-refractivity contribution in [3.63, 3.8) is 0 Å². The fraction of sp³-hybridized carbons (Fsp3) is 0.467. The van der Waals surface area contributed by atoms with Crippen molar-refractivity contribution in [3.05, 3.63) is 36.0 Å². The first-order chi connectivity index (χ1) is 8.66. The lowest BCUT2D eigenvalue weighted by Gasteiger charge is -2.24. The molecule has 0 bridgehead atoms. The van der Waals surface area contributed by atoms with E-state index in [1.165, 1.54) is 0 Å². The minimum atomic E-state index is 0.0382. The lowest BCUT2D eigenvalue weighted by molar-refractivity contribution is 0.101. The summed E-state index contributed by atoms with van der Waals surface area (Å²) >= 11 is 0. The van der Waals surface area contributed by atoms with Crippen molar-refractivity contribution < 1.29 is 9.53 Å². The van der Waals surface area contributed by atoms with Gasteiger partial charge >= 0.3 is 0 Å². The summed E-state index contributed by atoms with van der Waals surface area (Å²) in [7, 11) is 0. The molecule has 1 aromatic rings. The molecule has 0 saturated heterocycles. The van der Waals surface area contributed by atoms with Gasteiger partial charge in [0, 0.05) is 17.8 Å². The molecule has 0 saturated carbocycles. The van der Waals surface area contributed by atoms with E-state index in [0.29, 0.717) is 29.9 Å². The summed E-state index contributed by atoms with van der Waals surface area (Å²) in [5.41, 5.74) is 0.650. The Balaban J connectivity index is 1.95. The van der Waals surface area contributed by atoms with E-state index in [-0.39, 0.29) is 5.78 Å². The van der Waals surface area contributed by atoms with Crippen molar-refractivity contribution >= 4 is 5.78 Å². The maximum atomic E-state index is 11.3. The van der Waals surface area contributed by atoms with E-state index in [1.54, 1.807) is 25.3 Å². The smallest absolute Gasteiger partial charge is 0.213 e. The van der Waals surface area contributed by atoms with Gasteiger partial charge in [0.1, 0.15) is 0 Å². The van der Waals surface area contributed by atoms with Gasteiger partial charge in [0.05, 0.1) is 6.61 Å². The molecule has 3 nitrogen and oxygen atoms in total. The summed E-state index contributed by atoms with van der Waals surface area (Å²) in [4.78, 5) is 15.4. The van der Waals surface area contributed by atoms with Gasteiger partial charge < -0.3 is 4.74 Å². The van der Waals surface area contributed by atoms with Crippen molar-refractivity contribution in [2.45, 2.75) is 26.7 Å². The molecule has 1 aliphatic rings. The number of carbonyl (C=O) groups is 1. The molecule has 0 radical (unpaired) electrons. The van der Waals surface area contributed by atoms with Crippen molar-refractivity contribution in [1.29, 1.82) is 0 Å². The van der Waals surface area contributed by atoms with Gasteiger partial charge in [-0.15, -0.1) is 0 Å². The van der Waals surface area contributed by atoms with Gasteiger partial charge in [-0.3, -0.25) is 4.79 Å². The highest BCUT2D eigenvalue weighted by molar-refractivity contribution is 5.94. The molecule has 18 heavy (non-hydrogen) atoms. The molecule has 3 heteroatoms. The molecule has 2 atom stereocenters. The lowest BCUT2D eigenvalue weighted by Crippen LogP contribution is -2.21. The van der Waals surface area contributed by atoms with Crippen LogP contribution in [-0.2, 0) is 0 Å². The maximum Gasteiger partial charge on any atom is 0.213 e. The van der Waals surface area contributed by atoms with Crippen LogP contribution in [0.2, 0.25) is 0 Å². The minimum absolute atomic E-state index is 0.0382. The van der Waals surface area contributed by atoms with E-state index in [9.17, 15) is 4.79 Å². The molecule has 0 spiro atoms. The van der Waals surface area contributed by atoms with Gasteiger partial charge in [-0.05, 0) is 37.7 Å². The minimum Gasteiger partial charge on any atom is -0.477 e. The number of ketones is 1. The number of carbonyl (C=O) groups excluding carboxylic acids is 1. The van der Waals surface area contributed by atoms with E-state index in [4.69, 9.17) is 4.74 Å². The number of allylic oxidation sites excluding steroid dienone is 2. The van der Waals surface area contributed by atoms with Gasteiger partial charge in [-0.1, -0.05) is 19.1 Å². The molecule has 96 valence electrons. The molecule has 0 N–H and O–H groups in total. The Hall–Kier alpha value is -1.64. The van der Waals surface area contributed by atoms with E-state index in [1.807, 2.05) is 0 Å². The molecular weight excluding hydrogens is 226 g/mol. The first-order valence-corrected chi connectivity index (χ1v) is 6.41. The summed E-state index contributed by atoms with van der Waals surface area (Å²) in [6, 6.07) is 3.42. The monoisotopic (exact) mass is 245 g/mol. The highest BCUT2D eigenvalue weighted by Gasteiger charge is 2.19. The van der Waals surface area contributed by atoms with Crippen molar-refractivity contribution in [2.24, 2.45) is 11.8 Å². The van der Waals surface area contributed by atoms with Crippen LogP contribution in [0.4, 0.5) is 0 Å². The van der Waals surface area contributed by atoms with E-state index in [2.05, 4.69) is 24.1 Å². The number of nitrogens with zero attached hydrogens (tertiary/aromatic N) is 1. The van der Waals surface area contributed by atoms with Gasteiger partial charge in [-0.25, -0.2) is 4.98 Å². The Morgan fingerprint density at radius 2 is 2.22 bits per heavy atom. The fourth-order valence-electron chi connectivity index (χ4n) is 2.14. The first kappa shape index (κ1) is 12.8. The second kappa shape index (κ2) is 5.80. The maximum absolute atomic E-state index is 11.3. The summed E-state index contributed by atoms with van der Waals surface area (Å²) < 4.78 is 5.71. The third-order valence-corrected chi connectivity index (χ3v) is 3.50. The van der Waals surface area contributed by atoms with Crippen molar-refractivity contribution in [2.75, 3.05) is 6.61 Å². The van der Waals surface area contributed by atoms with Crippen LogP contribution in [0.25, 0.3) is 0 Å². The van der Waals surface area contributed by atoms with Crippen LogP contribution < -0.4 is 4.74 Å². The standard InChI is InChI=1S/C15H19NO2/c1-11-5-3-4-6-14(11)10-18-15-9-13(12(2)17)7-8-16-15/h3-4,7-9,11,14H,5-6,10H2,1-2H3. The van der Waals surface area contributed by atoms with Crippen molar-refractivity contribution in [3.8, 4) is 5.88 Å². The zero-order valence-corrected chi connectivity index (χ0v) is 10.9. The van der Waals surface area contributed by atoms with Crippen LogP contribution in [0.1, 0.15) is 37.0 Å². The van der Waals surface area contributed by atoms with Crippen LogP contribution in [0.15, 0.2) is 30.5 Å². The number of rotatable bonds is 4. The Morgan fingerprint density at radius 3 is 2.94 bits per heavy atom. The first-order valence-electron chi connectivity index (χ1n) is 6.41. The normalized spacial score (nSPS) is 22.8. The third-order valence-electron chi connectivity index (χ3n) is 3.50. The van der Waals surface area contributed by atoms with Crippen LogP contribution >= 0.6 is 0 Å². The predicted molar refractivity (Wildman–Crippen MR) is 70.8 cm³/mol. The van der Waals surface area contributed by atoms with Crippen LogP contribution in [0.3, 0.4) is 0 Å². The quantitative estimate of drug-likeness (QED) is 0.603. The second-order valence-corrected chi connectivity index (χ2v) is 4.93. The zero-order chi connectivity index (χ0) is 13.0. The number of Topliss-reactive ketones (excluding diaryl/α,β-unsaturated/α-hetero) is 1. The molecule has 2 unspecified atom stereocenters. The second-order valence-electron chi connectivity index (χ2n) is 4.93. The van der Waals surface area contributed by atoms with Gasteiger partial charge in [0.15, 0.2) is 5.78 Å². The summed E-state index contributed by atoms with van der Waals surface area (Å²) in [6.07, 6.45) is 8.25. The number of hydrogen-bond donors (Lipinski definition) is 0. The molecule has 0 amide bonds. The van der Waals surface area contributed by atoms with Gasteiger partial charge in [0.2, 0.25) is 5.88 Å². The van der Waals surface area contributed by atoms with Gasteiger partial charge in [0.25, 0.3) is 0 Å². The van der Waals surface area contributed by atoms with Crippen LogP contribution in [0, 0.1) is 11.8 Å². The molecule has 1 aromatic heterocycles. The topological polar surface area (TPSA) is 39.2 Å². The highest BCUT2D eigenvalue weighted by Crippen LogP contribution is 2.25. The average Bonchev–Trinajstić information content (AvgIpc) is 2.38. The Bertz CT molecular complexity index is 454. The number of ether oxygens (including phenoxy) is 1. The van der Waals surface area contributed by atoms with Gasteiger partial charge in [-0.2, -0.15) is 0 Å². The van der Waals surface area contributed by atoms with E-state index in [0.717, 1.165) is 12.8 Å². The summed E-state index contributed by atoms with van der Waals surface area (Å²) in [5, 5.41) is 0. The average molecular weight is 245 g/mol. The third kappa shape index (κ3) is 3.19. The molecular formula is C15H19NO2. The number of pyridine rings is 1. The lowest BCUT2D eigenvalue weighted by atomic mass is 9.85. The largest absolute Gasteiger partial charge is 0.477 e. The SMILES string of the molecule is CC(=O)c1ccnc(OCC2CC=CCC2C)c1. The molecule has 1 aliphatic carbocycles. The number of hydrogen-bond acceptors (Lipinski definition) is 3. The summed E-state index contributed by atoms with van der Waals surface area (Å²) in [6.45, 7) is 4.46. The Morgan fingerprint density at radius 1 is 1.44 bits per heavy atom. The van der Waals surface area contributed by atoms with Crippen molar-refractivity contribution in [1.82, 2.24) is 4.98 Å². The fourth-order valence-corrected chi connectivity index (χ4v) is 2.14. The predicted octanol–water partition coefficient (Wildman–Crippen LogP) is 3.27. The van der Waals surface area contributed by atoms with E-state index >= 15 is 0 Å². The molecule has 0 fully saturated rings. The molecule has 0 aliphatic heterocycles. The number of aromatic nitrogens is 1. The van der Waals surface area contributed by atoms with Crippen LogP contribution in [0.5, 0.6) is 5.88 Å². The molecule has 0 aromatic carbocycles. The molecule has 1 heterocycles. The van der Waals surface area contributed by atoms with E-state index < -0.39 is 0 Å². The summed E-state index contributed by atoms with van der Waals surface area (Å²) in [5.74, 6) is 1.77. The molecule has 2 rings (SSSR count). The zero-order valence-electron chi connectivity index (χ0n) is 10.9. The highest BCUT2D eigenvalue weighted by atomic mass is 16.5. The Labute approximate surface area is 108 Å².